The van der Waals surface area contributed by atoms with Crippen LogP contribution in [0.5, 0.6) is 0 Å². The highest BCUT2D eigenvalue weighted by Crippen LogP contribution is 2.34. The summed E-state index contributed by atoms with van der Waals surface area (Å²) in [5.41, 5.74) is 5.08. The summed E-state index contributed by atoms with van der Waals surface area (Å²) in [6.07, 6.45) is 3.53. The van der Waals surface area contributed by atoms with Gasteiger partial charge in [0.05, 0.1) is 23.6 Å². The highest BCUT2D eigenvalue weighted by atomic mass is 35.5. The zero-order valence-electron chi connectivity index (χ0n) is 19.2. The number of imidazole rings is 1. The number of aromatic amines is 1. The van der Waals surface area contributed by atoms with Crippen molar-refractivity contribution >= 4 is 23.4 Å². The van der Waals surface area contributed by atoms with Crippen molar-refractivity contribution in [3.63, 3.8) is 0 Å². The second-order valence-electron chi connectivity index (χ2n) is 8.60. The number of rotatable bonds is 5. The highest BCUT2D eigenvalue weighted by molar-refractivity contribution is 6.31. The van der Waals surface area contributed by atoms with E-state index in [2.05, 4.69) is 30.8 Å². The molecule has 0 saturated heterocycles. The van der Waals surface area contributed by atoms with E-state index in [-0.39, 0.29) is 11.6 Å². The predicted molar refractivity (Wildman–Crippen MR) is 136 cm³/mol. The average molecular weight is 515 g/mol. The van der Waals surface area contributed by atoms with Gasteiger partial charge < -0.3 is 14.7 Å². The maximum Gasteiger partial charge on any atom is 0.409 e. The molecule has 0 bridgehead atoms. The molecule has 3 N–H and O–H groups in total. The summed E-state index contributed by atoms with van der Waals surface area (Å²) in [5, 5.41) is 23.1. The molecule has 37 heavy (non-hydrogen) atoms. The maximum atomic E-state index is 13.4. The largest absolute Gasteiger partial charge is 0.465 e. The molecule has 11 nitrogen and oxygen atoms in total. The van der Waals surface area contributed by atoms with Crippen LogP contribution in [0, 0.1) is 0 Å². The summed E-state index contributed by atoms with van der Waals surface area (Å²) in [5.74, 6) is 0.688. The second-order valence-corrected chi connectivity index (χ2v) is 9.04. The molecule has 0 unspecified atom stereocenters. The van der Waals surface area contributed by atoms with Gasteiger partial charge in [0.15, 0.2) is 0 Å². The maximum absolute atomic E-state index is 13.4. The van der Waals surface area contributed by atoms with Crippen molar-refractivity contribution in [2.24, 2.45) is 0 Å². The lowest BCUT2D eigenvalue weighted by Crippen LogP contribution is -2.23. The Bertz CT molecular complexity index is 1680. The number of anilines is 1. The molecule has 0 aliphatic carbocycles. The topological polar surface area (TPSA) is 144 Å². The van der Waals surface area contributed by atoms with Crippen LogP contribution < -0.4 is 10.9 Å². The smallest absolute Gasteiger partial charge is 0.409 e. The van der Waals surface area contributed by atoms with E-state index in [9.17, 15) is 9.59 Å². The average Bonchev–Trinajstić information content (AvgIpc) is 3.65. The lowest BCUT2D eigenvalue weighted by Gasteiger charge is -2.15. The molecule has 4 heterocycles. The summed E-state index contributed by atoms with van der Waals surface area (Å²) in [6, 6.07) is 15.7. The van der Waals surface area contributed by atoms with Crippen LogP contribution in [-0.4, -0.2) is 45.9 Å². The number of aryl methyl sites for hydroxylation is 1. The molecule has 5 aromatic rings. The number of amides is 1. The summed E-state index contributed by atoms with van der Waals surface area (Å²) in [6.45, 7) is 0. The molecule has 12 heteroatoms. The molecular weight excluding hydrogens is 496 g/mol. The molecule has 0 spiro atoms. The monoisotopic (exact) mass is 514 g/mol. The van der Waals surface area contributed by atoms with Gasteiger partial charge >= 0.3 is 6.09 Å². The van der Waals surface area contributed by atoms with Crippen molar-refractivity contribution in [2.45, 2.75) is 18.9 Å². The van der Waals surface area contributed by atoms with Crippen LogP contribution in [0.3, 0.4) is 0 Å². The van der Waals surface area contributed by atoms with Crippen LogP contribution in [0.4, 0.5) is 10.5 Å². The molecule has 1 amide bonds. The SMILES string of the molecule is O=C(O)Nc1ccc(-c2cnc([C@H]3CCc4cc(-c5cc(Cl)ccc5-n5cnnn5)cc(=O)n43)[nH]2)cc1. The lowest BCUT2D eigenvalue weighted by molar-refractivity contribution is 0.209. The van der Waals surface area contributed by atoms with E-state index in [0.717, 1.165) is 34.5 Å². The fourth-order valence-corrected chi connectivity index (χ4v) is 4.90. The molecule has 1 atom stereocenters. The van der Waals surface area contributed by atoms with Crippen molar-refractivity contribution < 1.29 is 9.90 Å². The third-order valence-electron chi connectivity index (χ3n) is 6.36. The summed E-state index contributed by atoms with van der Waals surface area (Å²) in [4.78, 5) is 32.1. The van der Waals surface area contributed by atoms with Crippen molar-refractivity contribution in [2.75, 3.05) is 5.32 Å². The number of H-pyrrole nitrogens is 1. The Morgan fingerprint density at radius 2 is 1.95 bits per heavy atom. The number of fused-ring (bicyclic) bond motifs is 1. The van der Waals surface area contributed by atoms with E-state index in [1.54, 1.807) is 53.2 Å². The number of halogens is 1. The van der Waals surface area contributed by atoms with Gasteiger partial charge in [0.1, 0.15) is 12.2 Å². The normalized spacial score (nSPS) is 14.5. The van der Waals surface area contributed by atoms with Gasteiger partial charge in [-0.15, -0.1) is 5.10 Å². The van der Waals surface area contributed by atoms with E-state index in [4.69, 9.17) is 16.7 Å². The Kier molecular flexibility index (Phi) is 5.53. The molecule has 2 aromatic carbocycles. The van der Waals surface area contributed by atoms with Gasteiger partial charge in [0.2, 0.25) is 0 Å². The fourth-order valence-electron chi connectivity index (χ4n) is 4.73. The molecule has 1 aliphatic heterocycles. The Balaban J connectivity index is 1.32. The molecule has 0 saturated carbocycles. The van der Waals surface area contributed by atoms with E-state index in [1.807, 2.05) is 12.1 Å². The van der Waals surface area contributed by atoms with Crippen molar-refractivity contribution in [1.82, 2.24) is 34.7 Å². The minimum atomic E-state index is -1.12. The number of hydrogen-bond acceptors (Lipinski definition) is 6. The van der Waals surface area contributed by atoms with Crippen LogP contribution in [0.1, 0.15) is 24.0 Å². The quantitative estimate of drug-likeness (QED) is 0.319. The van der Waals surface area contributed by atoms with E-state index in [1.165, 1.54) is 11.0 Å². The van der Waals surface area contributed by atoms with Gasteiger partial charge in [0, 0.05) is 28.0 Å². The number of carbonyl (C=O) groups is 1. The Morgan fingerprint density at radius 3 is 2.70 bits per heavy atom. The second kappa shape index (κ2) is 9.03. The van der Waals surface area contributed by atoms with Crippen LogP contribution in [0.25, 0.3) is 28.1 Å². The standard InChI is InChI=1S/C25H19ClN8O3/c26-16-3-7-21(33-13-28-31-32-33)19(11-16)15-9-18-6-8-22(34(18)23(35)10-15)24-27-12-20(30-24)14-1-4-17(5-2-14)29-25(36)37/h1-5,7,9-13,22,29H,6,8H2,(H,27,30)(H,36,37)/t22-/m1/s1. The number of pyridine rings is 1. The Labute approximate surface area is 214 Å². The molecule has 1 aliphatic rings. The number of tetrazole rings is 1. The van der Waals surface area contributed by atoms with Crippen molar-refractivity contribution in [1.29, 1.82) is 0 Å². The third kappa shape index (κ3) is 4.25. The first-order valence-electron chi connectivity index (χ1n) is 11.4. The number of nitrogens with one attached hydrogen (secondary N) is 2. The number of benzene rings is 2. The number of carboxylic acid groups (broad SMARTS) is 1. The first-order valence-corrected chi connectivity index (χ1v) is 11.8. The predicted octanol–water partition coefficient (Wildman–Crippen LogP) is 4.16. The van der Waals surface area contributed by atoms with Gasteiger partial charge in [-0.25, -0.2) is 9.78 Å². The highest BCUT2D eigenvalue weighted by Gasteiger charge is 2.28. The molecular formula is C25H19ClN8O3. The first kappa shape index (κ1) is 22.7. The van der Waals surface area contributed by atoms with E-state index in [0.29, 0.717) is 28.6 Å². The third-order valence-corrected chi connectivity index (χ3v) is 6.59. The summed E-state index contributed by atoms with van der Waals surface area (Å²) in [7, 11) is 0. The fraction of sp³-hybridized carbons (Fsp3) is 0.120. The van der Waals surface area contributed by atoms with Crippen LogP contribution in [0.15, 0.2) is 71.9 Å². The van der Waals surface area contributed by atoms with Crippen molar-refractivity contribution in [3.05, 3.63) is 94.0 Å². The molecule has 0 radical (unpaired) electrons. The van der Waals surface area contributed by atoms with Crippen molar-refractivity contribution in [3.8, 4) is 28.1 Å². The Hall–Kier alpha value is -4.77. The molecule has 3 aromatic heterocycles. The summed E-state index contributed by atoms with van der Waals surface area (Å²) >= 11 is 6.29. The molecule has 6 rings (SSSR count). The zero-order chi connectivity index (χ0) is 25.5. The van der Waals surface area contributed by atoms with E-state index < -0.39 is 6.09 Å². The summed E-state index contributed by atoms with van der Waals surface area (Å²) < 4.78 is 3.31. The minimum Gasteiger partial charge on any atom is -0.465 e. The minimum absolute atomic E-state index is 0.139. The molecule has 0 fully saturated rings. The van der Waals surface area contributed by atoms with Crippen LogP contribution in [-0.2, 0) is 6.42 Å². The van der Waals surface area contributed by atoms with Gasteiger partial charge in [-0.2, -0.15) is 4.68 Å². The van der Waals surface area contributed by atoms with E-state index >= 15 is 0 Å². The number of aromatic nitrogens is 7. The van der Waals surface area contributed by atoms with Gasteiger partial charge in [-0.1, -0.05) is 23.7 Å². The van der Waals surface area contributed by atoms with Gasteiger partial charge in [-0.05, 0) is 70.8 Å². The van der Waals surface area contributed by atoms with Crippen LogP contribution >= 0.6 is 11.6 Å². The van der Waals surface area contributed by atoms with Crippen LogP contribution in [0.2, 0.25) is 5.02 Å². The lowest BCUT2D eigenvalue weighted by atomic mass is 10.0. The number of nitrogens with zero attached hydrogens (tertiary/aromatic N) is 6. The molecule has 184 valence electrons. The zero-order valence-corrected chi connectivity index (χ0v) is 19.9. The number of hydrogen-bond donors (Lipinski definition) is 3. The first-order chi connectivity index (χ1) is 18.0. The van der Waals surface area contributed by atoms with Gasteiger partial charge in [-0.3, -0.25) is 10.1 Å². The van der Waals surface area contributed by atoms with Gasteiger partial charge in [0.25, 0.3) is 5.56 Å². The Morgan fingerprint density at radius 1 is 1.11 bits per heavy atom.